The van der Waals surface area contributed by atoms with E-state index < -0.39 is 27.4 Å². The molecule has 1 atom stereocenters. The van der Waals surface area contributed by atoms with Crippen LogP contribution in [0.1, 0.15) is 43.5 Å². The summed E-state index contributed by atoms with van der Waals surface area (Å²) in [6.45, 7) is 5.49. The van der Waals surface area contributed by atoms with Crippen molar-refractivity contribution >= 4 is 40.5 Å². The molecule has 1 aromatic heterocycles. The van der Waals surface area contributed by atoms with Gasteiger partial charge >= 0.3 is 5.97 Å². The van der Waals surface area contributed by atoms with Gasteiger partial charge in [0, 0.05) is 17.8 Å². The van der Waals surface area contributed by atoms with E-state index in [2.05, 4.69) is 4.99 Å². The van der Waals surface area contributed by atoms with E-state index in [-0.39, 0.29) is 68.9 Å². The number of hydrogen-bond acceptors (Lipinski definition) is 11. The summed E-state index contributed by atoms with van der Waals surface area (Å²) >= 11 is 0.985. The number of rotatable bonds is 11. The van der Waals surface area contributed by atoms with Gasteiger partial charge in [-0.15, -0.1) is 0 Å². The number of esters is 1. The van der Waals surface area contributed by atoms with Gasteiger partial charge in [-0.3, -0.25) is 29.6 Å². The Morgan fingerprint density at radius 1 is 0.978 bits per heavy atom. The number of non-ortho nitro benzene ring substituents is 1. The van der Waals surface area contributed by atoms with Crippen molar-refractivity contribution < 1.29 is 28.9 Å². The second-order valence-electron chi connectivity index (χ2n) is 9.96. The normalized spacial score (nSPS) is 14.3. The van der Waals surface area contributed by atoms with Crippen LogP contribution in [0.2, 0.25) is 0 Å². The van der Waals surface area contributed by atoms with Crippen LogP contribution in [0.5, 0.6) is 11.5 Å². The van der Waals surface area contributed by atoms with Crippen molar-refractivity contribution in [2.75, 3.05) is 13.2 Å². The van der Waals surface area contributed by atoms with Gasteiger partial charge in [-0.05, 0) is 56.2 Å². The largest absolute Gasteiger partial charge is 0.490 e. The Bertz CT molecular complexity index is 2030. The minimum Gasteiger partial charge on any atom is -0.490 e. The molecular weight excluding hydrogens is 616 g/mol. The number of aromatic nitrogens is 1. The highest BCUT2D eigenvalue weighted by molar-refractivity contribution is 7.07. The van der Waals surface area contributed by atoms with Crippen molar-refractivity contribution in [2.24, 2.45) is 4.99 Å². The first-order valence-electron chi connectivity index (χ1n) is 14.2. The molecule has 13 nitrogen and oxygen atoms in total. The van der Waals surface area contributed by atoms with Crippen molar-refractivity contribution in [2.45, 2.75) is 33.4 Å². The molecule has 0 aliphatic carbocycles. The van der Waals surface area contributed by atoms with E-state index in [0.29, 0.717) is 5.56 Å². The van der Waals surface area contributed by atoms with Crippen LogP contribution in [0.15, 0.2) is 82.1 Å². The van der Waals surface area contributed by atoms with Crippen molar-refractivity contribution in [1.82, 2.24) is 4.57 Å². The van der Waals surface area contributed by atoms with Crippen molar-refractivity contribution in [3.8, 4) is 11.5 Å². The topological polar surface area (TPSA) is 165 Å². The number of carbonyl (C=O) groups excluding carboxylic acids is 1. The van der Waals surface area contributed by atoms with Gasteiger partial charge in [0.25, 0.3) is 16.9 Å². The smallest absolute Gasteiger partial charge is 0.338 e. The van der Waals surface area contributed by atoms with Crippen molar-refractivity contribution in [3.05, 3.63) is 129 Å². The first-order chi connectivity index (χ1) is 22.1. The van der Waals surface area contributed by atoms with Crippen LogP contribution in [-0.4, -0.2) is 33.6 Å². The van der Waals surface area contributed by atoms with Crippen LogP contribution >= 0.6 is 11.3 Å². The van der Waals surface area contributed by atoms with Gasteiger partial charge in [0.1, 0.15) is 12.6 Å². The molecule has 46 heavy (non-hydrogen) atoms. The van der Waals surface area contributed by atoms with Crippen LogP contribution in [0, 0.1) is 20.2 Å². The molecule has 3 aromatic carbocycles. The third-order valence-electron chi connectivity index (χ3n) is 7.07. The summed E-state index contributed by atoms with van der Waals surface area (Å²) in [7, 11) is 0. The first-order valence-corrected chi connectivity index (χ1v) is 15.0. The van der Waals surface area contributed by atoms with Gasteiger partial charge in [0.2, 0.25) is 0 Å². The van der Waals surface area contributed by atoms with Crippen molar-refractivity contribution in [3.63, 3.8) is 0 Å². The number of hydrogen-bond donors (Lipinski definition) is 0. The molecule has 236 valence electrons. The summed E-state index contributed by atoms with van der Waals surface area (Å²) in [6.07, 6.45) is 1.38. The number of carbonyl (C=O) groups is 1. The van der Waals surface area contributed by atoms with Crippen molar-refractivity contribution in [1.29, 1.82) is 0 Å². The number of thiazole rings is 1. The number of nitro groups is 2. The van der Waals surface area contributed by atoms with Gasteiger partial charge in [0.05, 0.1) is 44.8 Å². The lowest BCUT2D eigenvalue weighted by Gasteiger charge is -2.22. The zero-order chi connectivity index (χ0) is 33.0. The predicted octanol–water partition coefficient (Wildman–Crippen LogP) is 4.70. The van der Waals surface area contributed by atoms with E-state index in [1.165, 1.54) is 47.0 Å². The number of nitro benzene ring substituents is 2. The van der Waals surface area contributed by atoms with E-state index in [4.69, 9.17) is 14.2 Å². The average Bonchev–Trinajstić information content (AvgIpc) is 3.35. The monoisotopic (exact) mass is 644 g/mol. The molecule has 0 amide bonds. The lowest BCUT2D eigenvalue weighted by molar-refractivity contribution is -0.385. The molecule has 2 heterocycles. The summed E-state index contributed by atoms with van der Waals surface area (Å²) < 4.78 is 18.3. The first kappa shape index (κ1) is 31.8. The fourth-order valence-corrected chi connectivity index (χ4v) is 5.96. The molecule has 14 heteroatoms. The Morgan fingerprint density at radius 3 is 2.30 bits per heavy atom. The number of fused-ring (bicyclic) bond motifs is 1. The van der Waals surface area contributed by atoms with Crippen LogP contribution < -0.4 is 24.4 Å². The summed E-state index contributed by atoms with van der Waals surface area (Å²) in [5, 5.41) is 23.4. The van der Waals surface area contributed by atoms with Crippen LogP contribution in [0.25, 0.3) is 11.8 Å². The number of ether oxygens (including phenoxy) is 3. The molecular formula is C32H28N4O9S. The summed E-state index contributed by atoms with van der Waals surface area (Å²) in [5.41, 5.74) is 0.837. The fourth-order valence-electron chi connectivity index (χ4n) is 4.93. The molecule has 4 aromatic rings. The zero-order valence-electron chi connectivity index (χ0n) is 25.0. The molecule has 5 rings (SSSR count). The van der Waals surface area contributed by atoms with Gasteiger partial charge in [-0.25, -0.2) is 9.79 Å². The Kier molecular flexibility index (Phi) is 9.37. The molecule has 0 fully saturated rings. The second kappa shape index (κ2) is 13.6. The molecule has 0 bridgehead atoms. The number of nitrogens with zero attached hydrogens (tertiary/aromatic N) is 4. The summed E-state index contributed by atoms with van der Waals surface area (Å²) in [5.74, 6) is -0.250. The molecule has 0 saturated heterocycles. The third kappa shape index (κ3) is 6.42. The van der Waals surface area contributed by atoms with Gasteiger partial charge in [-0.2, -0.15) is 0 Å². The highest BCUT2D eigenvalue weighted by atomic mass is 32.1. The van der Waals surface area contributed by atoms with Gasteiger partial charge < -0.3 is 14.2 Å². The Balaban J connectivity index is 1.64. The number of allylic oxidation sites excluding steroid dienone is 1. The highest BCUT2D eigenvalue weighted by Crippen LogP contribution is 2.36. The quantitative estimate of drug-likeness (QED) is 0.128. The Hall–Kier alpha value is -5.63. The Labute approximate surface area is 265 Å². The minimum absolute atomic E-state index is 0.0733. The molecule has 0 N–H and O–H groups in total. The average molecular weight is 645 g/mol. The Morgan fingerprint density at radius 2 is 1.67 bits per heavy atom. The fraction of sp³-hybridized carbons (Fsp3) is 0.219. The maximum atomic E-state index is 13.7. The molecule has 0 spiro atoms. The van der Waals surface area contributed by atoms with E-state index >= 15 is 0 Å². The van der Waals surface area contributed by atoms with Crippen LogP contribution in [-0.2, 0) is 16.1 Å². The molecule has 0 saturated carbocycles. The summed E-state index contributed by atoms with van der Waals surface area (Å²) in [6, 6.07) is 16.7. The lowest BCUT2D eigenvalue weighted by Crippen LogP contribution is -2.35. The standard InChI is InChI=1S/C32H28N4O9S/c1-4-43-25-15-22(24(36(41)42)17-26(25)45-18-20-9-7-6-8-10-20)16-27-30(37)34-19(3)28(31(38)44-5-2)29(33-32(34)46-27)21-11-13-23(14-12-21)35(39)40/h6-17,29H,4-5,18H2,1-3H3/b27-16-/t29-/m1/s1. The zero-order valence-corrected chi connectivity index (χ0v) is 25.8. The van der Waals surface area contributed by atoms with E-state index in [1.807, 2.05) is 30.3 Å². The van der Waals surface area contributed by atoms with E-state index in [1.54, 1.807) is 20.8 Å². The summed E-state index contributed by atoms with van der Waals surface area (Å²) in [4.78, 5) is 54.0. The van der Waals surface area contributed by atoms with Gasteiger partial charge in [-0.1, -0.05) is 41.7 Å². The van der Waals surface area contributed by atoms with Gasteiger partial charge in [0.15, 0.2) is 16.3 Å². The molecule has 0 radical (unpaired) electrons. The lowest BCUT2D eigenvalue weighted by atomic mass is 9.96. The van der Waals surface area contributed by atoms with Crippen LogP contribution in [0.4, 0.5) is 11.4 Å². The van der Waals surface area contributed by atoms with Crippen LogP contribution in [0.3, 0.4) is 0 Å². The molecule has 1 aliphatic heterocycles. The third-order valence-corrected chi connectivity index (χ3v) is 8.06. The van der Waals surface area contributed by atoms with E-state index in [0.717, 1.165) is 16.9 Å². The number of benzene rings is 3. The van der Waals surface area contributed by atoms with E-state index in [9.17, 15) is 29.8 Å². The highest BCUT2D eigenvalue weighted by Gasteiger charge is 2.32. The maximum Gasteiger partial charge on any atom is 0.338 e. The maximum absolute atomic E-state index is 13.7. The molecule has 0 unspecified atom stereocenters. The molecule has 1 aliphatic rings. The predicted molar refractivity (Wildman–Crippen MR) is 169 cm³/mol. The second-order valence-corrected chi connectivity index (χ2v) is 11.0. The minimum atomic E-state index is -0.911. The SMILES string of the molecule is CCOC(=O)C1=C(C)n2c(s/c(=C\c3cc(OCC)c(OCc4ccccc4)cc3[N+](=O)[O-])c2=O)=N[C@@H]1c1ccc([N+](=O)[O-])cc1.